The van der Waals surface area contributed by atoms with Gasteiger partial charge in [-0.3, -0.25) is 11.3 Å². The third-order valence-corrected chi connectivity index (χ3v) is 3.91. The van der Waals surface area contributed by atoms with Crippen molar-refractivity contribution in [2.75, 3.05) is 0 Å². The van der Waals surface area contributed by atoms with Crippen molar-refractivity contribution in [2.45, 2.75) is 32.2 Å². The normalized spacial score (nSPS) is 12.7. The van der Waals surface area contributed by atoms with Crippen LogP contribution >= 0.6 is 11.6 Å². The quantitative estimate of drug-likeness (QED) is 0.639. The molecular weight excluding hydrogens is 268 g/mol. The van der Waals surface area contributed by atoms with Crippen LogP contribution < -0.4 is 11.3 Å². The first kappa shape index (κ1) is 15.0. The number of benzene rings is 2. The van der Waals surface area contributed by atoms with Crippen LogP contribution in [0, 0.1) is 0 Å². The number of hydrogen-bond donors (Lipinski definition) is 2. The molecule has 0 aliphatic heterocycles. The average molecular weight is 289 g/mol. The lowest BCUT2D eigenvalue weighted by Crippen LogP contribution is -2.29. The van der Waals surface area contributed by atoms with Crippen molar-refractivity contribution in [3.63, 3.8) is 0 Å². The minimum Gasteiger partial charge on any atom is -0.271 e. The first-order chi connectivity index (χ1) is 9.61. The highest BCUT2D eigenvalue weighted by Crippen LogP contribution is 2.25. The molecule has 0 heterocycles. The summed E-state index contributed by atoms with van der Waals surface area (Å²) in [5, 5.41) is 0.745. The molecule has 2 rings (SSSR count). The van der Waals surface area contributed by atoms with E-state index in [-0.39, 0.29) is 6.04 Å². The van der Waals surface area contributed by atoms with Gasteiger partial charge in [-0.2, -0.15) is 0 Å². The van der Waals surface area contributed by atoms with Crippen molar-refractivity contribution in [1.29, 1.82) is 0 Å². The van der Waals surface area contributed by atoms with Gasteiger partial charge in [0.25, 0.3) is 0 Å². The van der Waals surface area contributed by atoms with Crippen molar-refractivity contribution in [3.05, 3.63) is 70.2 Å². The van der Waals surface area contributed by atoms with Crippen molar-refractivity contribution < 1.29 is 0 Å². The maximum absolute atomic E-state index is 6.24. The number of nitrogens with one attached hydrogen (secondary N) is 1. The summed E-state index contributed by atoms with van der Waals surface area (Å²) >= 11 is 6.24. The largest absolute Gasteiger partial charge is 0.271 e. The van der Waals surface area contributed by atoms with E-state index in [0.717, 1.165) is 17.0 Å². The lowest BCUT2D eigenvalue weighted by atomic mass is 9.96. The van der Waals surface area contributed by atoms with Crippen LogP contribution in [-0.2, 0) is 6.42 Å². The van der Waals surface area contributed by atoms with E-state index in [2.05, 4.69) is 43.5 Å². The topological polar surface area (TPSA) is 38.0 Å². The number of hydrogen-bond acceptors (Lipinski definition) is 2. The van der Waals surface area contributed by atoms with Gasteiger partial charge >= 0.3 is 0 Å². The average Bonchev–Trinajstić information content (AvgIpc) is 2.46. The van der Waals surface area contributed by atoms with Crippen LogP contribution in [0.3, 0.4) is 0 Å². The molecule has 20 heavy (non-hydrogen) atoms. The summed E-state index contributed by atoms with van der Waals surface area (Å²) < 4.78 is 0. The van der Waals surface area contributed by atoms with E-state index in [0.29, 0.717) is 5.92 Å². The van der Waals surface area contributed by atoms with E-state index in [1.54, 1.807) is 0 Å². The Morgan fingerprint density at radius 2 is 1.70 bits per heavy atom. The van der Waals surface area contributed by atoms with Crippen molar-refractivity contribution in [3.8, 4) is 0 Å². The highest BCUT2D eigenvalue weighted by molar-refractivity contribution is 6.31. The molecule has 1 unspecified atom stereocenters. The van der Waals surface area contributed by atoms with Gasteiger partial charge in [-0.15, -0.1) is 0 Å². The second-order valence-corrected chi connectivity index (χ2v) is 5.75. The zero-order valence-electron chi connectivity index (χ0n) is 11.9. The van der Waals surface area contributed by atoms with Gasteiger partial charge in [0.2, 0.25) is 0 Å². The predicted molar refractivity (Wildman–Crippen MR) is 85.8 cm³/mol. The number of nitrogens with two attached hydrogens (primary N) is 1. The van der Waals surface area contributed by atoms with Crippen LogP contribution in [0.1, 0.15) is 42.5 Å². The molecule has 3 heteroatoms. The van der Waals surface area contributed by atoms with Gasteiger partial charge in [0, 0.05) is 5.02 Å². The number of hydrazine groups is 1. The first-order valence-corrected chi connectivity index (χ1v) is 7.29. The lowest BCUT2D eigenvalue weighted by molar-refractivity contribution is 0.552. The van der Waals surface area contributed by atoms with Gasteiger partial charge in [-0.25, -0.2) is 0 Å². The van der Waals surface area contributed by atoms with Gasteiger partial charge in [0.15, 0.2) is 0 Å². The second kappa shape index (κ2) is 6.89. The predicted octanol–water partition coefficient (Wildman–Crippen LogP) is 4.21. The molecule has 0 fully saturated rings. The summed E-state index contributed by atoms with van der Waals surface area (Å²) in [6, 6.07) is 16.5. The highest BCUT2D eigenvalue weighted by atomic mass is 35.5. The Hall–Kier alpha value is -1.35. The maximum Gasteiger partial charge on any atom is 0.0515 e. The summed E-state index contributed by atoms with van der Waals surface area (Å²) in [7, 11) is 0. The molecule has 2 nitrogen and oxygen atoms in total. The molecule has 1 atom stereocenters. The Balaban J connectivity index is 2.16. The van der Waals surface area contributed by atoms with Gasteiger partial charge in [0.1, 0.15) is 0 Å². The molecule has 0 bridgehead atoms. The van der Waals surface area contributed by atoms with Crippen LogP contribution in [0.15, 0.2) is 48.5 Å². The van der Waals surface area contributed by atoms with Gasteiger partial charge in [-0.1, -0.05) is 67.9 Å². The highest BCUT2D eigenvalue weighted by Gasteiger charge is 2.13. The molecule has 0 aliphatic carbocycles. The van der Waals surface area contributed by atoms with Crippen LogP contribution in [-0.4, -0.2) is 0 Å². The fraction of sp³-hybridized carbons (Fsp3) is 0.294. The molecule has 0 amide bonds. The minimum absolute atomic E-state index is 0.0219. The van der Waals surface area contributed by atoms with Crippen LogP contribution in [0.5, 0.6) is 0 Å². The van der Waals surface area contributed by atoms with E-state index in [1.165, 1.54) is 11.1 Å². The third kappa shape index (κ3) is 3.60. The molecule has 0 spiro atoms. The molecule has 106 valence electrons. The third-order valence-electron chi connectivity index (χ3n) is 3.57. The summed E-state index contributed by atoms with van der Waals surface area (Å²) in [6.45, 7) is 4.39. The van der Waals surface area contributed by atoms with E-state index in [9.17, 15) is 0 Å². The van der Waals surface area contributed by atoms with Crippen molar-refractivity contribution in [1.82, 2.24) is 5.43 Å². The summed E-state index contributed by atoms with van der Waals surface area (Å²) in [4.78, 5) is 0. The molecule has 0 saturated carbocycles. The maximum atomic E-state index is 6.24. The van der Waals surface area contributed by atoms with E-state index in [1.807, 2.05) is 24.3 Å². The smallest absolute Gasteiger partial charge is 0.0515 e. The summed E-state index contributed by atoms with van der Waals surface area (Å²) in [5.74, 6) is 6.24. The Bertz CT molecular complexity index is 549. The molecule has 2 aromatic rings. The van der Waals surface area contributed by atoms with Crippen molar-refractivity contribution >= 4 is 11.6 Å². The fourth-order valence-electron chi connectivity index (χ4n) is 2.29. The molecule has 0 aliphatic rings. The van der Waals surface area contributed by atoms with E-state index >= 15 is 0 Å². The molecular formula is C17H21ClN2. The van der Waals surface area contributed by atoms with E-state index in [4.69, 9.17) is 17.4 Å². The zero-order chi connectivity index (χ0) is 14.5. The molecule has 0 radical (unpaired) electrons. The summed E-state index contributed by atoms with van der Waals surface area (Å²) in [6.07, 6.45) is 0.818. The van der Waals surface area contributed by atoms with Crippen LogP contribution in [0.4, 0.5) is 0 Å². The number of halogens is 1. The van der Waals surface area contributed by atoms with Gasteiger partial charge in [-0.05, 0) is 35.1 Å². The standard InChI is InChI=1S/C17H21ClN2/c1-12(2)14-9-7-13(8-10-14)11-17(20-19)15-5-3-4-6-16(15)18/h3-10,12,17,20H,11,19H2,1-2H3. The zero-order valence-corrected chi connectivity index (χ0v) is 12.7. The van der Waals surface area contributed by atoms with Crippen LogP contribution in [0.25, 0.3) is 0 Å². The monoisotopic (exact) mass is 288 g/mol. The van der Waals surface area contributed by atoms with Crippen LogP contribution in [0.2, 0.25) is 5.02 Å². The summed E-state index contributed by atoms with van der Waals surface area (Å²) in [5.41, 5.74) is 6.49. The number of rotatable bonds is 5. The molecule has 0 saturated heterocycles. The van der Waals surface area contributed by atoms with E-state index < -0.39 is 0 Å². The fourth-order valence-corrected chi connectivity index (χ4v) is 2.56. The minimum atomic E-state index is 0.0219. The Kier molecular flexibility index (Phi) is 5.18. The second-order valence-electron chi connectivity index (χ2n) is 5.34. The van der Waals surface area contributed by atoms with Gasteiger partial charge < -0.3 is 0 Å². The SMILES string of the molecule is CC(C)c1ccc(CC(NN)c2ccccc2Cl)cc1. The molecule has 2 aromatic carbocycles. The Morgan fingerprint density at radius 3 is 2.25 bits per heavy atom. The Morgan fingerprint density at radius 1 is 1.05 bits per heavy atom. The molecule has 3 N–H and O–H groups in total. The Labute approximate surface area is 125 Å². The van der Waals surface area contributed by atoms with Crippen molar-refractivity contribution in [2.24, 2.45) is 5.84 Å². The molecule has 0 aromatic heterocycles. The first-order valence-electron chi connectivity index (χ1n) is 6.91. The lowest BCUT2D eigenvalue weighted by Gasteiger charge is -2.18. The van der Waals surface area contributed by atoms with Gasteiger partial charge in [0.05, 0.1) is 6.04 Å².